The van der Waals surface area contributed by atoms with Gasteiger partial charge in [0.05, 0.1) is 30.8 Å². The van der Waals surface area contributed by atoms with Crippen LogP contribution < -0.4 is 0 Å². The van der Waals surface area contributed by atoms with Gasteiger partial charge in [-0.15, -0.1) is 0 Å². The quantitative estimate of drug-likeness (QED) is 0.221. The minimum atomic E-state index is -0.826. The summed E-state index contributed by atoms with van der Waals surface area (Å²) in [4.78, 5) is 42.6. The Kier molecular flexibility index (Phi) is 13.8. The lowest BCUT2D eigenvalue weighted by Crippen LogP contribution is -2.60. The Morgan fingerprint density at radius 2 is 1.65 bits per heavy atom. The van der Waals surface area contributed by atoms with Crippen molar-refractivity contribution in [2.45, 2.75) is 160 Å². The average molecular weight is 760 g/mol. The third-order valence-corrected chi connectivity index (χ3v) is 13.3. The molecule has 0 bridgehead atoms. The molecular formula is C42H65NO11. The molecule has 1 saturated carbocycles. The maximum atomic E-state index is 14.7. The van der Waals surface area contributed by atoms with Gasteiger partial charge in [-0.25, -0.2) is 0 Å². The number of rotatable bonds is 9. The molecule has 17 atom stereocenters. The van der Waals surface area contributed by atoms with E-state index < -0.39 is 36.5 Å². The van der Waals surface area contributed by atoms with Crippen molar-refractivity contribution >= 4 is 17.7 Å². The summed E-state index contributed by atoms with van der Waals surface area (Å²) in [5.74, 6) is -0.814. The van der Waals surface area contributed by atoms with Crippen LogP contribution in [0.25, 0.3) is 0 Å². The number of ketones is 1. The van der Waals surface area contributed by atoms with E-state index in [0.29, 0.717) is 12.5 Å². The van der Waals surface area contributed by atoms with Gasteiger partial charge in [0.15, 0.2) is 24.5 Å². The summed E-state index contributed by atoms with van der Waals surface area (Å²) >= 11 is 0. The zero-order valence-corrected chi connectivity index (χ0v) is 33.8. The highest BCUT2D eigenvalue weighted by Gasteiger charge is 2.53. The molecule has 12 heteroatoms. The number of Topliss-reactive ketones (excluding diaryl/α,β-unsaturated/α-hetero) is 1. The number of carbonyl (C=O) groups is 3. The molecule has 4 fully saturated rings. The first-order chi connectivity index (χ1) is 25.8. The summed E-state index contributed by atoms with van der Waals surface area (Å²) in [6.45, 7) is 9.41. The summed E-state index contributed by atoms with van der Waals surface area (Å²) in [6, 6.07) is 0.324. The second-order valence-electron chi connectivity index (χ2n) is 16.9. The molecule has 3 heterocycles. The highest BCUT2D eigenvalue weighted by atomic mass is 16.7. The molecule has 54 heavy (non-hydrogen) atoms. The van der Waals surface area contributed by atoms with Gasteiger partial charge in [-0.3, -0.25) is 14.4 Å². The normalized spacial score (nSPS) is 44.3. The maximum absolute atomic E-state index is 14.7. The number of methoxy groups -OCH3 is 2. The molecule has 0 aromatic carbocycles. The first-order valence-corrected chi connectivity index (χ1v) is 20.5. The van der Waals surface area contributed by atoms with Crippen molar-refractivity contribution in [1.82, 2.24) is 4.90 Å². The van der Waals surface area contributed by atoms with Crippen LogP contribution >= 0.6 is 0 Å². The molecule has 304 valence electrons. The maximum Gasteiger partial charge on any atom is 0.306 e. The van der Waals surface area contributed by atoms with Gasteiger partial charge in [-0.05, 0) is 109 Å². The van der Waals surface area contributed by atoms with Gasteiger partial charge in [0.25, 0.3) is 0 Å². The molecule has 3 aliphatic heterocycles. The largest absolute Gasteiger partial charge is 0.462 e. The predicted molar refractivity (Wildman–Crippen MR) is 199 cm³/mol. The van der Waals surface area contributed by atoms with Crippen LogP contribution in [0, 0.1) is 35.5 Å². The molecule has 6 rings (SSSR count). The van der Waals surface area contributed by atoms with Gasteiger partial charge in [0, 0.05) is 39.0 Å². The number of hydrogen-bond donors (Lipinski definition) is 0. The number of likely N-dealkylation sites (N-methyl/N-ethyl adjacent to an activating group) is 1. The molecule has 0 aromatic rings. The summed E-state index contributed by atoms with van der Waals surface area (Å²) in [6.07, 6.45) is 9.06. The summed E-state index contributed by atoms with van der Waals surface area (Å²) in [5, 5.41) is 0. The highest BCUT2D eigenvalue weighted by molar-refractivity contribution is 5.99. The lowest BCUT2D eigenvalue weighted by atomic mass is 9.70. The van der Waals surface area contributed by atoms with Crippen LogP contribution in [-0.4, -0.2) is 118 Å². The van der Waals surface area contributed by atoms with Gasteiger partial charge < -0.3 is 42.8 Å². The molecule has 0 amide bonds. The molecule has 6 aliphatic rings. The topological polar surface area (TPSA) is 128 Å². The van der Waals surface area contributed by atoms with Crippen molar-refractivity contribution in [1.29, 1.82) is 0 Å². The number of hydrogen-bond acceptors (Lipinski definition) is 12. The average Bonchev–Trinajstić information content (AvgIpc) is 3.71. The minimum Gasteiger partial charge on any atom is -0.462 e. The van der Waals surface area contributed by atoms with Crippen molar-refractivity contribution in [2.75, 3.05) is 28.3 Å². The number of cyclic esters (lactones) is 1. The van der Waals surface area contributed by atoms with Gasteiger partial charge in [-0.2, -0.15) is 0 Å². The van der Waals surface area contributed by atoms with E-state index in [2.05, 4.69) is 51.1 Å². The number of ether oxygens (including phenoxy) is 8. The smallest absolute Gasteiger partial charge is 0.306 e. The van der Waals surface area contributed by atoms with Crippen LogP contribution in [0.15, 0.2) is 23.8 Å². The lowest BCUT2D eigenvalue weighted by molar-refractivity contribution is -0.312. The predicted octanol–water partition coefficient (Wildman–Crippen LogP) is 5.40. The Labute approximate surface area is 321 Å². The Bertz CT molecular complexity index is 1380. The molecule has 0 aromatic heterocycles. The number of nitrogens with zero attached hydrogens (tertiary/aromatic N) is 1. The monoisotopic (exact) mass is 759 g/mol. The van der Waals surface area contributed by atoms with E-state index in [1.807, 2.05) is 13.8 Å². The number of esters is 2. The second-order valence-corrected chi connectivity index (χ2v) is 16.9. The number of allylic oxidation sites excluding steroid dienone is 4. The van der Waals surface area contributed by atoms with E-state index in [9.17, 15) is 14.4 Å². The summed E-state index contributed by atoms with van der Waals surface area (Å²) < 4.78 is 49.2. The van der Waals surface area contributed by atoms with E-state index in [1.165, 1.54) is 6.92 Å². The zero-order valence-electron chi connectivity index (χ0n) is 33.8. The zero-order chi connectivity index (χ0) is 38.8. The number of fused-ring (bicyclic) bond motifs is 5. The molecule has 0 N–H and O–H groups in total. The Morgan fingerprint density at radius 1 is 0.889 bits per heavy atom. The highest BCUT2D eigenvalue weighted by Crippen LogP contribution is 2.54. The molecule has 3 saturated heterocycles. The summed E-state index contributed by atoms with van der Waals surface area (Å²) in [5.41, 5.74) is 0.727. The van der Waals surface area contributed by atoms with Gasteiger partial charge in [-0.1, -0.05) is 32.1 Å². The molecular weight excluding hydrogens is 694 g/mol. The molecule has 12 nitrogen and oxygen atoms in total. The van der Waals surface area contributed by atoms with Crippen molar-refractivity contribution in [3.05, 3.63) is 23.8 Å². The van der Waals surface area contributed by atoms with Crippen LogP contribution in [0.4, 0.5) is 0 Å². The Morgan fingerprint density at radius 3 is 2.31 bits per heavy atom. The fourth-order valence-electron chi connectivity index (χ4n) is 10.5. The third-order valence-electron chi connectivity index (χ3n) is 13.3. The molecule has 3 aliphatic carbocycles. The van der Waals surface area contributed by atoms with E-state index in [-0.39, 0.29) is 84.6 Å². The van der Waals surface area contributed by atoms with E-state index in [0.717, 1.165) is 50.5 Å². The lowest BCUT2D eigenvalue weighted by Gasteiger charge is -2.44. The first-order valence-electron chi connectivity index (χ1n) is 20.5. The SMILES string of the molecule is CC[C@@H]1CCC[C@H](O[C@H]2CC[C@H](N(C)C)[C@@H](C)O2)[C@H](C)C(=O)C2=C[C@@H]3[C@@H](C=C[C@@H]4C[C@@H](O[C@@H]5O[C@@H](C)[C@H](OC)[C@@H](OC)[C@H]5OC(C)=O)C[C@@H]34)[C@@H]2CC(=O)O1. The molecule has 0 spiro atoms. The van der Waals surface area contributed by atoms with Crippen molar-refractivity contribution in [2.24, 2.45) is 35.5 Å². The third kappa shape index (κ3) is 8.85. The number of carbonyl (C=O) groups excluding carboxylic acids is 3. The van der Waals surface area contributed by atoms with E-state index >= 15 is 0 Å². The van der Waals surface area contributed by atoms with E-state index in [1.54, 1.807) is 14.2 Å². The van der Waals surface area contributed by atoms with Crippen LogP contribution in [0.2, 0.25) is 0 Å². The van der Waals surface area contributed by atoms with Gasteiger partial charge in [0.1, 0.15) is 18.3 Å². The van der Waals surface area contributed by atoms with Crippen molar-refractivity contribution < 1.29 is 52.3 Å². The second kappa shape index (κ2) is 17.9. The Balaban J connectivity index is 1.21. The fraction of sp³-hybridized carbons (Fsp3) is 0.833. The van der Waals surface area contributed by atoms with Crippen LogP contribution in [0.5, 0.6) is 0 Å². The fourth-order valence-corrected chi connectivity index (χ4v) is 10.5. The first kappa shape index (κ1) is 41.4. The van der Waals surface area contributed by atoms with E-state index in [4.69, 9.17) is 37.9 Å². The molecule has 0 radical (unpaired) electrons. The standard InChI is InChI=1S/C42H65NO11/c1-10-27-12-11-13-35(54-37-17-16-34(43(6)7)23(3)49-37)22(2)38(46)33-20-31-29(32(33)21-36(45)52-27)15-14-26-18-28(19-30(26)31)53-42-41(51-25(5)44)40(48-9)39(47-8)24(4)50-42/h14-15,20,22-24,26-32,34-35,37,39-42H,10-13,16-19,21H2,1-9H3/t22-,23+,24-,26+,27+,28+,29+,30+,31+,32-,34-,35-,37-,39-,40+,41+,42-/m0/s1. The van der Waals surface area contributed by atoms with Crippen LogP contribution in [0.3, 0.4) is 0 Å². The van der Waals surface area contributed by atoms with Crippen molar-refractivity contribution in [3.8, 4) is 0 Å². The van der Waals surface area contributed by atoms with Crippen molar-refractivity contribution in [3.63, 3.8) is 0 Å². The summed E-state index contributed by atoms with van der Waals surface area (Å²) in [7, 11) is 7.32. The van der Waals surface area contributed by atoms with Crippen LogP contribution in [-0.2, 0) is 52.3 Å². The Hall–Kier alpha value is -2.19. The van der Waals surface area contributed by atoms with Gasteiger partial charge in [0.2, 0.25) is 0 Å². The minimum absolute atomic E-state index is 0.00309. The van der Waals surface area contributed by atoms with Crippen LogP contribution in [0.1, 0.15) is 92.4 Å². The van der Waals surface area contributed by atoms with Gasteiger partial charge >= 0.3 is 11.9 Å². The molecule has 0 unspecified atom stereocenters.